The first kappa shape index (κ1) is 25.2. The van der Waals surface area contributed by atoms with Crippen LogP contribution >= 0.6 is 0 Å². The average Bonchev–Trinajstić information content (AvgIpc) is 3.00. The minimum Gasteiger partial charge on any atom is -0.497 e. The third-order valence-corrected chi connectivity index (χ3v) is 7.39. The predicted molar refractivity (Wildman–Crippen MR) is 126 cm³/mol. The van der Waals surface area contributed by atoms with E-state index in [1.807, 2.05) is 13.8 Å². The summed E-state index contributed by atoms with van der Waals surface area (Å²) < 4.78 is 31.5. The summed E-state index contributed by atoms with van der Waals surface area (Å²) in [6.45, 7) is 5.08. The molecule has 1 heterocycles. The summed E-state index contributed by atoms with van der Waals surface area (Å²) in [5, 5.41) is 2.80. The van der Waals surface area contributed by atoms with Crippen molar-refractivity contribution in [3.05, 3.63) is 59.7 Å². The lowest BCUT2D eigenvalue weighted by molar-refractivity contribution is -0.140. The van der Waals surface area contributed by atoms with E-state index < -0.39 is 27.9 Å². The van der Waals surface area contributed by atoms with Gasteiger partial charge in [0.2, 0.25) is 11.8 Å². The first-order valence-electron chi connectivity index (χ1n) is 10.9. The minimum absolute atomic E-state index is 0.0628. The van der Waals surface area contributed by atoms with Crippen LogP contribution in [0.4, 0.5) is 0 Å². The second-order valence-corrected chi connectivity index (χ2v) is 10.2. The molecule has 0 aliphatic carbocycles. The second kappa shape index (κ2) is 10.3. The Balaban J connectivity index is 1.79. The summed E-state index contributed by atoms with van der Waals surface area (Å²) in [5.74, 6) is -0.768. The number of methoxy groups -OCH3 is 1. The smallest absolute Gasteiger partial charge is 0.269 e. The van der Waals surface area contributed by atoms with Crippen molar-refractivity contribution in [3.63, 3.8) is 0 Å². The zero-order chi connectivity index (χ0) is 25.0. The number of nitrogens with zero attached hydrogens (tertiary/aromatic N) is 2. The maximum Gasteiger partial charge on any atom is 0.269 e. The van der Waals surface area contributed by atoms with E-state index in [0.29, 0.717) is 5.75 Å². The van der Waals surface area contributed by atoms with Crippen molar-refractivity contribution in [2.75, 3.05) is 13.7 Å². The van der Waals surface area contributed by atoms with E-state index in [1.165, 1.54) is 17.0 Å². The number of ether oxygens (including phenoxy) is 1. The molecule has 2 aromatic carbocycles. The van der Waals surface area contributed by atoms with Gasteiger partial charge in [0.25, 0.3) is 15.9 Å². The van der Waals surface area contributed by atoms with Gasteiger partial charge in [0.05, 0.1) is 12.7 Å². The van der Waals surface area contributed by atoms with Crippen LogP contribution < -0.4 is 10.1 Å². The molecule has 182 valence electrons. The van der Waals surface area contributed by atoms with Gasteiger partial charge in [0.15, 0.2) is 0 Å². The highest BCUT2D eigenvalue weighted by atomic mass is 32.2. The number of carbonyl (C=O) groups is 3. The summed E-state index contributed by atoms with van der Waals surface area (Å²) in [6, 6.07) is 12.1. The third-order valence-electron chi connectivity index (χ3n) is 5.55. The zero-order valence-electron chi connectivity index (χ0n) is 19.6. The Morgan fingerprint density at radius 2 is 1.71 bits per heavy atom. The van der Waals surface area contributed by atoms with Gasteiger partial charge in [-0.1, -0.05) is 24.3 Å². The summed E-state index contributed by atoms with van der Waals surface area (Å²) in [7, 11) is -2.47. The van der Waals surface area contributed by atoms with Gasteiger partial charge in [-0.3, -0.25) is 14.4 Å². The molecule has 0 aromatic heterocycles. The first-order chi connectivity index (χ1) is 16.1. The molecule has 0 unspecified atom stereocenters. The van der Waals surface area contributed by atoms with Crippen LogP contribution in [0.25, 0.3) is 0 Å². The predicted octanol–water partition coefficient (Wildman–Crippen LogP) is 2.17. The first-order valence-corrected chi connectivity index (χ1v) is 12.4. The van der Waals surface area contributed by atoms with Crippen molar-refractivity contribution in [2.45, 2.75) is 50.7 Å². The Morgan fingerprint density at radius 3 is 2.29 bits per heavy atom. The van der Waals surface area contributed by atoms with E-state index in [9.17, 15) is 22.8 Å². The molecule has 0 fully saturated rings. The van der Waals surface area contributed by atoms with Crippen molar-refractivity contribution in [1.29, 1.82) is 0 Å². The number of rotatable bonds is 9. The molecule has 0 saturated heterocycles. The molecule has 0 bridgehead atoms. The molecular formula is C24H29N3O6S. The van der Waals surface area contributed by atoms with E-state index in [0.717, 1.165) is 9.87 Å². The summed E-state index contributed by atoms with van der Waals surface area (Å²) >= 11 is 0. The Morgan fingerprint density at radius 1 is 1.06 bits per heavy atom. The highest BCUT2D eigenvalue weighted by Crippen LogP contribution is 2.30. The number of amides is 3. The van der Waals surface area contributed by atoms with Crippen molar-refractivity contribution >= 4 is 27.7 Å². The lowest BCUT2D eigenvalue weighted by Gasteiger charge is -2.30. The highest BCUT2D eigenvalue weighted by molar-refractivity contribution is 7.90. The number of sulfonamides is 1. The van der Waals surface area contributed by atoms with Gasteiger partial charge in [-0.15, -0.1) is 0 Å². The average molecular weight is 488 g/mol. The number of nitrogens with one attached hydrogen (secondary N) is 1. The molecule has 2 aromatic rings. The van der Waals surface area contributed by atoms with Gasteiger partial charge in [0.1, 0.15) is 16.7 Å². The fourth-order valence-corrected chi connectivity index (χ4v) is 5.28. The molecule has 1 aliphatic heterocycles. The van der Waals surface area contributed by atoms with E-state index >= 15 is 0 Å². The zero-order valence-corrected chi connectivity index (χ0v) is 20.5. The molecule has 0 saturated carbocycles. The van der Waals surface area contributed by atoms with Crippen LogP contribution in [0, 0.1) is 0 Å². The number of fused-ring (bicyclic) bond motifs is 1. The van der Waals surface area contributed by atoms with Crippen molar-refractivity contribution < 1.29 is 27.5 Å². The highest BCUT2D eigenvalue weighted by Gasteiger charge is 2.41. The SMILES string of the molecule is COc1ccc(CN(C(=O)CCN2C(=O)c3ccccc3S2(=O)=O)[C@H](C)C(=O)NC(C)C)cc1. The van der Waals surface area contributed by atoms with Crippen LogP contribution in [0.5, 0.6) is 5.75 Å². The van der Waals surface area contributed by atoms with E-state index in [2.05, 4.69) is 5.32 Å². The van der Waals surface area contributed by atoms with Crippen LogP contribution in [0.2, 0.25) is 0 Å². The van der Waals surface area contributed by atoms with Gasteiger partial charge in [0, 0.05) is 25.6 Å². The number of benzene rings is 2. The molecule has 10 heteroatoms. The quantitative estimate of drug-likeness (QED) is 0.580. The largest absolute Gasteiger partial charge is 0.497 e. The van der Waals surface area contributed by atoms with E-state index in [-0.39, 0.29) is 41.9 Å². The van der Waals surface area contributed by atoms with E-state index in [1.54, 1.807) is 50.4 Å². The van der Waals surface area contributed by atoms with Crippen molar-refractivity contribution in [1.82, 2.24) is 14.5 Å². The fraction of sp³-hybridized carbons (Fsp3) is 0.375. The standard InChI is InChI=1S/C24H29N3O6S/c1-16(2)25-23(29)17(3)26(15-18-9-11-19(33-4)12-10-18)22(28)13-14-27-24(30)20-7-5-6-8-21(20)34(27,31)32/h5-12,16-17H,13-15H2,1-4H3,(H,25,29)/t17-/m1/s1. The molecule has 1 aliphatic rings. The Bertz CT molecular complexity index is 1180. The number of carbonyl (C=O) groups excluding carboxylic acids is 3. The number of hydrogen-bond donors (Lipinski definition) is 1. The molecule has 1 atom stereocenters. The normalized spacial score (nSPS) is 15.1. The molecule has 1 N–H and O–H groups in total. The molecular weight excluding hydrogens is 458 g/mol. The van der Waals surface area contributed by atoms with E-state index in [4.69, 9.17) is 4.74 Å². The van der Waals surface area contributed by atoms with Crippen LogP contribution in [0.3, 0.4) is 0 Å². The van der Waals surface area contributed by atoms with Gasteiger partial charge in [-0.25, -0.2) is 12.7 Å². The maximum absolute atomic E-state index is 13.2. The summed E-state index contributed by atoms with van der Waals surface area (Å²) in [4.78, 5) is 39.9. The summed E-state index contributed by atoms with van der Waals surface area (Å²) in [6.07, 6.45) is -0.256. The Kier molecular flexibility index (Phi) is 7.61. The molecule has 3 rings (SSSR count). The van der Waals surface area contributed by atoms with Crippen LogP contribution in [-0.4, -0.2) is 61.1 Å². The van der Waals surface area contributed by atoms with Crippen molar-refractivity contribution in [3.8, 4) is 5.75 Å². The van der Waals surface area contributed by atoms with Crippen LogP contribution in [0.15, 0.2) is 53.4 Å². The monoisotopic (exact) mass is 487 g/mol. The van der Waals surface area contributed by atoms with Crippen LogP contribution in [0.1, 0.15) is 43.1 Å². The molecule has 9 nitrogen and oxygen atoms in total. The Hall–Kier alpha value is -3.40. The molecule has 0 radical (unpaired) electrons. The minimum atomic E-state index is -4.02. The lowest BCUT2D eigenvalue weighted by atomic mass is 10.1. The van der Waals surface area contributed by atoms with Gasteiger partial charge < -0.3 is 15.0 Å². The fourth-order valence-electron chi connectivity index (χ4n) is 3.71. The second-order valence-electron chi connectivity index (χ2n) is 8.34. The van der Waals surface area contributed by atoms with Gasteiger partial charge in [-0.2, -0.15) is 0 Å². The molecule has 3 amide bonds. The van der Waals surface area contributed by atoms with Gasteiger partial charge in [-0.05, 0) is 50.6 Å². The van der Waals surface area contributed by atoms with Gasteiger partial charge >= 0.3 is 0 Å². The molecule has 34 heavy (non-hydrogen) atoms. The van der Waals surface area contributed by atoms with Crippen LogP contribution in [-0.2, 0) is 26.2 Å². The maximum atomic E-state index is 13.2. The molecule has 0 spiro atoms. The van der Waals surface area contributed by atoms with Crippen molar-refractivity contribution in [2.24, 2.45) is 0 Å². The summed E-state index contributed by atoms with van der Waals surface area (Å²) in [5.41, 5.74) is 0.866. The third kappa shape index (κ3) is 5.22. The Labute approximate surface area is 199 Å². The topological polar surface area (TPSA) is 113 Å². The lowest BCUT2D eigenvalue weighted by Crippen LogP contribution is -2.49. The number of hydrogen-bond acceptors (Lipinski definition) is 6.